The van der Waals surface area contributed by atoms with Crippen LogP contribution in [0.2, 0.25) is 0 Å². The van der Waals surface area contributed by atoms with Crippen molar-refractivity contribution in [3.05, 3.63) is 5.82 Å². The van der Waals surface area contributed by atoms with Crippen molar-refractivity contribution >= 4 is 22.6 Å². The molecule has 1 heterocycles. The van der Waals surface area contributed by atoms with Crippen LogP contribution in [0.5, 0.6) is 0 Å². The summed E-state index contributed by atoms with van der Waals surface area (Å²) >= 11 is 1.33. The molecule has 0 aromatic carbocycles. The van der Waals surface area contributed by atoms with Gasteiger partial charge in [-0.25, -0.2) is 4.98 Å². The van der Waals surface area contributed by atoms with Crippen molar-refractivity contribution in [2.75, 3.05) is 5.32 Å². The number of hydrogen-bond acceptors (Lipinski definition) is 5. The molecule has 0 spiro atoms. The number of anilines is 1. The summed E-state index contributed by atoms with van der Waals surface area (Å²) in [4.78, 5) is 14.9. The fourth-order valence-electron chi connectivity index (χ4n) is 1.87. The number of aryl methyl sites for hydroxylation is 1. The van der Waals surface area contributed by atoms with E-state index in [1.54, 1.807) is 0 Å². The Bertz CT molecular complexity index is 366. The van der Waals surface area contributed by atoms with Gasteiger partial charge in [-0.3, -0.25) is 4.79 Å². The number of carboxylic acid groups (broad SMARTS) is 1. The van der Waals surface area contributed by atoms with Crippen LogP contribution in [0.15, 0.2) is 0 Å². The van der Waals surface area contributed by atoms with E-state index in [0.717, 1.165) is 23.8 Å². The second kappa shape index (κ2) is 4.14. The van der Waals surface area contributed by atoms with Crippen molar-refractivity contribution in [2.24, 2.45) is 5.92 Å². The smallest absolute Gasteiger partial charge is 0.306 e. The molecule has 5 nitrogen and oxygen atoms in total. The van der Waals surface area contributed by atoms with E-state index in [2.05, 4.69) is 14.7 Å². The lowest BCUT2D eigenvalue weighted by atomic mass is 10.1. The van der Waals surface area contributed by atoms with Gasteiger partial charge < -0.3 is 10.4 Å². The minimum absolute atomic E-state index is 0.198. The summed E-state index contributed by atoms with van der Waals surface area (Å²) < 4.78 is 4.06. The van der Waals surface area contributed by atoms with Crippen LogP contribution >= 0.6 is 11.5 Å². The standard InChI is InChI=1S/C9H13N3O2S/c1-5-10-9(15-12-5)11-7-3-2-6(4-7)8(13)14/h6-7H,2-4H2,1H3,(H,13,14)(H,10,11,12)/t6-,7+/m1/s1. The number of nitrogens with one attached hydrogen (secondary N) is 1. The number of rotatable bonds is 3. The summed E-state index contributed by atoms with van der Waals surface area (Å²) in [6, 6.07) is 0.235. The summed E-state index contributed by atoms with van der Waals surface area (Å²) in [6.45, 7) is 1.84. The molecule has 0 aliphatic heterocycles. The topological polar surface area (TPSA) is 75.1 Å². The van der Waals surface area contributed by atoms with Crippen molar-refractivity contribution < 1.29 is 9.90 Å². The first kappa shape index (κ1) is 10.4. The van der Waals surface area contributed by atoms with Gasteiger partial charge in [0.15, 0.2) is 0 Å². The Hall–Kier alpha value is -1.17. The lowest BCUT2D eigenvalue weighted by molar-refractivity contribution is -0.141. The summed E-state index contributed by atoms with van der Waals surface area (Å²) in [5.74, 6) is -0.125. The third kappa shape index (κ3) is 2.44. The van der Waals surface area contributed by atoms with Gasteiger partial charge in [-0.15, -0.1) is 0 Å². The predicted octanol–water partition coefficient (Wildman–Crippen LogP) is 1.51. The molecule has 1 fully saturated rings. The fraction of sp³-hybridized carbons (Fsp3) is 0.667. The first-order valence-electron chi connectivity index (χ1n) is 4.95. The second-order valence-electron chi connectivity index (χ2n) is 3.84. The maximum Gasteiger partial charge on any atom is 0.306 e. The first-order chi connectivity index (χ1) is 7.15. The van der Waals surface area contributed by atoms with E-state index in [1.807, 2.05) is 6.92 Å². The number of carbonyl (C=O) groups is 1. The molecule has 0 unspecified atom stereocenters. The Morgan fingerprint density at radius 2 is 2.40 bits per heavy atom. The maximum atomic E-state index is 10.8. The Kier molecular flexibility index (Phi) is 2.86. The summed E-state index contributed by atoms with van der Waals surface area (Å²) in [5, 5.41) is 12.9. The monoisotopic (exact) mass is 227 g/mol. The SMILES string of the molecule is Cc1nsc(N[C@H]2CC[C@@H](C(=O)O)C2)n1. The van der Waals surface area contributed by atoms with Gasteiger partial charge in [0, 0.05) is 17.6 Å². The van der Waals surface area contributed by atoms with Crippen LogP contribution in [-0.4, -0.2) is 26.5 Å². The van der Waals surface area contributed by atoms with Crippen LogP contribution in [0.4, 0.5) is 5.13 Å². The van der Waals surface area contributed by atoms with Crippen LogP contribution in [0, 0.1) is 12.8 Å². The molecule has 2 atom stereocenters. The predicted molar refractivity (Wildman–Crippen MR) is 57.0 cm³/mol. The van der Waals surface area contributed by atoms with E-state index in [1.165, 1.54) is 11.5 Å². The molecule has 0 saturated heterocycles. The first-order valence-corrected chi connectivity index (χ1v) is 5.72. The Morgan fingerprint density at radius 1 is 1.60 bits per heavy atom. The zero-order valence-electron chi connectivity index (χ0n) is 8.43. The summed E-state index contributed by atoms with van der Waals surface area (Å²) in [7, 11) is 0. The van der Waals surface area contributed by atoms with Crippen LogP contribution in [0.1, 0.15) is 25.1 Å². The summed E-state index contributed by atoms with van der Waals surface area (Å²) in [5.41, 5.74) is 0. The molecule has 6 heteroatoms. The normalized spacial score (nSPS) is 25.4. The van der Waals surface area contributed by atoms with Gasteiger partial charge in [-0.1, -0.05) is 0 Å². The van der Waals surface area contributed by atoms with E-state index in [4.69, 9.17) is 5.11 Å². The molecule has 1 saturated carbocycles. The minimum atomic E-state index is -0.687. The molecule has 1 aliphatic carbocycles. The van der Waals surface area contributed by atoms with E-state index >= 15 is 0 Å². The van der Waals surface area contributed by atoms with Gasteiger partial charge in [0.25, 0.3) is 0 Å². The zero-order chi connectivity index (χ0) is 10.8. The highest BCUT2D eigenvalue weighted by atomic mass is 32.1. The Balaban J connectivity index is 1.90. The fourth-order valence-corrected chi connectivity index (χ4v) is 2.52. The average molecular weight is 227 g/mol. The number of nitrogens with zero attached hydrogens (tertiary/aromatic N) is 2. The third-order valence-electron chi connectivity index (χ3n) is 2.64. The highest BCUT2D eigenvalue weighted by molar-refractivity contribution is 7.09. The minimum Gasteiger partial charge on any atom is -0.481 e. The van der Waals surface area contributed by atoms with Gasteiger partial charge in [0.2, 0.25) is 5.13 Å². The maximum absolute atomic E-state index is 10.8. The van der Waals surface area contributed by atoms with Crippen molar-refractivity contribution in [2.45, 2.75) is 32.2 Å². The lowest BCUT2D eigenvalue weighted by Gasteiger charge is -2.09. The number of hydrogen-bond donors (Lipinski definition) is 2. The third-order valence-corrected chi connectivity index (χ3v) is 3.37. The Morgan fingerprint density at radius 3 is 2.93 bits per heavy atom. The van der Waals surface area contributed by atoms with Crippen molar-refractivity contribution in [1.82, 2.24) is 9.36 Å². The second-order valence-corrected chi connectivity index (χ2v) is 4.59. The Labute approximate surface area is 91.7 Å². The van der Waals surface area contributed by atoms with E-state index in [0.29, 0.717) is 6.42 Å². The number of aliphatic carboxylic acids is 1. The van der Waals surface area contributed by atoms with Crippen molar-refractivity contribution in [3.8, 4) is 0 Å². The largest absolute Gasteiger partial charge is 0.481 e. The number of aromatic nitrogens is 2. The zero-order valence-corrected chi connectivity index (χ0v) is 9.25. The molecule has 1 aromatic rings. The van der Waals surface area contributed by atoms with Gasteiger partial charge in [0.05, 0.1) is 5.92 Å². The lowest BCUT2D eigenvalue weighted by Crippen LogP contribution is -2.17. The van der Waals surface area contributed by atoms with Gasteiger partial charge >= 0.3 is 5.97 Å². The molecule has 2 rings (SSSR count). The molecule has 2 N–H and O–H groups in total. The number of carboxylic acids is 1. The van der Waals surface area contributed by atoms with Crippen LogP contribution in [-0.2, 0) is 4.79 Å². The van der Waals surface area contributed by atoms with E-state index < -0.39 is 5.97 Å². The molecular formula is C9H13N3O2S. The van der Waals surface area contributed by atoms with E-state index in [-0.39, 0.29) is 12.0 Å². The molecule has 0 radical (unpaired) electrons. The molecule has 0 bridgehead atoms. The molecule has 1 aromatic heterocycles. The molecular weight excluding hydrogens is 214 g/mol. The molecule has 1 aliphatic rings. The van der Waals surface area contributed by atoms with Crippen molar-refractivity contribution in [1.29, 1.82) is 0 Å². The van der Waals surface area contributed by atoms with Crippen LogP contribution < -0.4 is 5.32 Å². The van der Waals surface area contributed by atoms with Gasteiger partial charge in [-0.05, 0) is 26.2 Å². The summed E-state index contributed by atoms with van der Waals surface area (Å²) in [6.07, 6.45) is 2.34. The quantitative estimate of drug-likeness (QED) is 0.818. The highest BCUT2D eigenvalue weighted by Gasteiger charge is 2.29. The molecule has 0 amide bonds. The molecule has 15 heavy (non-hydrogen) atoms. The van der Waals surface area contributed by atoms with Gasteiger partial charge in [0.1, 0.15) is 5.82 Å². The van der Waals surface area contributed by atoms with Crippen molar-refractivity contribution in [3.63, 3.8) is 0 Å². The van der Waals surface area contributed by atoms with E-state index in [9.17, 15) is 4.79 Å². The van der Waals surface area contributed by atoms with Crippen LogP contribution in [0.25, 0.3) is 0 Å². The molecule has 82 valence electrons. The van der Waals surface area contributed by atoms with Crippen LogP contribution in [0.3, 0.4) is 0 Å². The average Bonchev–Trinajstić information content (AvgIpc) is 2.76. The highest BCUT2D eigenvalue weighted by Crippen LogP contribution is 2.28. The van der Waals surface area contributed by atoms with Gasteiger partial charge in [-0.2, -0.15) is 4.37 Å².